The Morgan fingerprint density at radius 3 is 2.90 bits per heavy atom. The van der Waals surface area contributed by atoms with Gasteiger partial charge in [0.25, 0.3) is 0 Å². The zero-order valence-corrected chi connectivity index (χ0v) is 13.1. The predicted octanol–water partition coefficient (Wildman–Crippen LogP) is 3.43. The van der Waals surface area contributed by atoms with Crippen LogP contribution in [0.5, 0.6) is 5.75 Å². The Labute approximate surface area is 131 Å². The van der Waals surface area contributed by atoms with E-state index < -0.39 is 0 Å². The highest BCUT2D eigenvalue weighted by molar-refractivity contribution is 9.10. The lowest BCUT2D eigenvalue weighted by Gasteiger charge is -2.14. The van der Waals surface area contributed by atoms with E-state index >= 15 is 0 Å². The van der Waals surface area contributed by atoms with Crippen molar-refractivity contribution in [3.63, 3.8) is 0 Å². The van der Waals surface area contributed by atoms with Gasteiger partial charge in [0.15, 0.2) is 0 Å². The third kappa shape index (κ3) is 2.88. The molecule has 1 aliphatic heterocycles. The van der Waals surface area contributed by atoms with Gasteiger partial charge in [0.1, 0.15) is 11.8 Å². The minimum atomic E-state index is -0.258. The molecule has 0 saturated heterocycles. The van der Waals surface area contributed by atoms with Crippen LogP contribution in [0.25, 0.3) is 0 Å². The molecule has 1 unspecified atom stereocenters. The molecular formula is C16H15BrN2O2. The zero-order valence-electron chi connectivity index (χ0n) is 11.5. The van der Waals surface area contributed by atoms with Gasteiger partial charge >= 0.3 is 0 Å². The number of amides is 1. The highest BCUT2D eigenvalue weighted by atomic mass is 79.9. The quantitative estimate of drug-likeness (QED) is 0.894. The summed E-state index contributed by atoms with van der Waals surface area (Å²) in [6.45, 7) is 0. The summed E-state index contributed by atoms with van der Waals surface area (Å²) in [6, 6.07) is 13.2. The molecule has 1 atom stereocenters. The number of para-hydroxylation sites is 1. The topological polar surface area (TPSA) is 50.4 Å². The summed E-state index contributed by atoms with van der Waals surface area (Å²) < 4.78 is 6.16. The van der Waals surface area contributed by atoms with Crippen LogP contribution in [0.1, 0.15) is 5.56 Å². The van der Waals surface area contributed by atoms with Crippen molar-refractivity contribution in [2.75, 3.05) is 17.7 Å². The van der Waals surface area contributed by atoms with Crippen LogP contribution in [-0.4, -0.2) is 19.1 Å². The number of carbonyl (C=O) groups excluding carboxylic acids is 1. The predicted molar refractivity (Wildman–Crippen MR) is 86.9 cm³/mol. The second-order valence-electron chi connectivity index (χ2n) is 4.89. The van der Waals surface area contributed by atoms with Crippen molar-refractivity contribution in [1.82, 2.24) is 0 Å². The first-order chi connectivity index (χ1) is 10.2. The first kappa shape index (κ1) is 13.9. The van der Waals surface area contributed by atoms with Gasteiger partial charge in [-0.2, -0.15) is 0 Å². The van der Waals surface area contributed by atoms with E-state index in [0.717, 1.165) is 10.2 Å². The summed E-state index contributed by atoms with van der Waals surface area (Å²) in [5.74, 6) is 0.574. The molecular weight excluding hydrogens is 332 g/mol. The van der Waals surface area contributed by atoms with Gasteiger partial charge in [0, 0.05) is 16.6 Å². The van der Waals surface area contributed by atoms with Crippen molar-refractivity contribution < 1.29 is 9.53 Å². The highest BCUT2D eigenvalue weighted by Crippen LogP contribution is 2.30. The zero-order chi connectivity index (χ0) is 14.8. The molecule has 1 aliphatic rings. The van der Waals surface area contributed by atoms with E-state index in [-0.39, 0.29) is 11.9 Å². The molecule has 0 spiro atoms. The average molecular weight is 347 g/mol. The maximum atomic E-state index is 12.4. The van der Waals surface area contributed by atoms with Crippen molar-refractivity contribution >= 4 is 33.2 Å². The van der Waals surface area contributed by atoms with Crippen LogP contribution in [0.3, 0.4) is 0 Å². The Kier molecular flexibility index (Phi) is 3.84. The molecule has 2 aromatic rings. The molecule has 0 fully saturated rings. The molecule has 0 aliphatic carbocycles. The van der Waals surface area contributed by atoms with Crippen LogP contribution >= 0.6 is 15.9 Å². The van der Waals surface area contributed by atoms with Crippen LogP contribution in [0, 0.1) is 0 Å². The van der Waals surface area contributed by atoms with Gasteiger partial charge in [-0.15, -0.1) is 0 Å². The average Bonchev–Trinajstić information content (AvgIpc) is 2.91. The fraction of sp³-hybridized carbons (Fsp3) is 0.188. The molecule has 108 valence electrons. The number of fused-ring (bicyclic) bond motifs is 1. The monoisotopic (exact) mass is 346 g/mol. The molecule has 0 radical (unpaired) electrons. The number of halogens is 1. The largest absolute Gasteiger partial charge is 0.495 e. The number of nitrogens with one attached hydrogen (secondary N) is 2. The third-order valence-electron chi connectivity index (χ3n) is 3.51. The molecule has 1 heterocycles. The smallest absolute Gasteiger partial charge is 0.247 e. The second kappa shape index (κ2) is 5.77. The Morgan fingerprint density at radius 2 is 2.14 bits per heavy atom. The van der Waals surface area contributed by atoms with E-state index in [9.17, 15) is 4.79 Å². The molecule has 1 amide bonds. The Hall–Kier alpha value is -2.01. The van der Waals surface area contributed by atoms with Crippen molar-refractivity contribution in [3.8, 4) is 5.75 Å². The fourth-order valence-electron chi connectivity index (χ4n) is 2.45. The molecule has 5 heteroatoms. The van der Waals surface area contributed by atoms with Crippen LogP contribution in [0.2, 0.25) is 0 Å². The molecule has 3 rings (SSSR count). The molecule has 0 bridgehead atoms. The lowest BCUT2D eigenvalue weighted by Crippen LogP contribution is -2.32. The minimum Gasteiger partial charge on any atom is -0.495 e. The number of hydrogen-bond acceptors (Lipinski definition) is 3. The highest BCUT2D eigenvalue weighted by Gasteiger charge is 2.26. The van der Waals surface area contributed by atoms with Crippen molar-refractivity contribution in [2.45, 2.75) is 12.5 Å². The van der Waals surface area contributed by atoms with Gasteiger partial charge < -0.3 is 15.4 Å². The Morgan fingerprint density at radius 1 is 1.33 bits per heavy atom. The fourth-order valence-corrected chi connectivity index (χ4v) is 2.81. The molecule has 0 aromatic heterocycles. The molecule has 0 saturated carbocycles. The van der Waals surface area contributed by atoms with E-state index in [1.54, 1.807) is 7.11 Å². The molecule has 4 nitrogen and oxygen atoms in total. The summed E-state index contributed by atoms with van der Waals surface area (Å²) in [6.07, 6.45) is 0.693. The lowest BCUT2D eigenvalue weighted by atomic mass is 10.1. The van der Waals surface area contributed by atoms with Crippen molar-refractivity contribution in [3.05, 3.63) is 52.5 Å². The van der Waals surface area contributed by atoms with E-state index in [0.29, 0.717) is 17.9 Å². The summed E-state index contributed by atoms with van der Waals surface area (Å²) >= 11 is 3.40. The Bertz CT molecular complexity index is 663. The van der Waals surface area contributed by atoms with E-state index in [2.05, 4.69) is 26.6 Å². The van der Waals surface area contributed by atoms with Gasteiger partial charge in [-0.1, -0.05) is 34.1 Å². The normalized spacial score (nSPS) is 16.0. The maximum Gasteiger partial charge on any atom is 0.247 e. The third-order valence-corrected chi connectivity index (χ3v) is 4.00. The van der Waals surface area contributed by atoms with Crippen LogP contribution in [0.4, 0.5) is 11.4 Å². The van der Waals surface area contributed by atoms with Crippen LogP contribution in [0.15, 0.2) is 46.9 Å². The van der Waals surface area contributed by atoms with Crippen molar-refractivity contribution in [1.29, 1.82) is 0 Å². The molecule has 2 aromatic carbocycles. The molecule has 21 heavy (non-hydrogen) atoms. The number of hydrogen-bond donors (Lipinski definition) is 2. The van der Waals surface area contributed by atoms with Crippen LogP contribution < -0.4 is 15.4 Å². The van der Waals surface area contributed by atoms with Gasteiger partial charge in [-0.3, -0.25) is 4.79 Å². The maximum absolute atomic E-state index is 12.4. The summed E-state index contributed by atoms with van der Waals surface area (Å²) in [7, 11) is 1.59. The second-order valence-corrected chi connectivity index (χ2v) is 5.81. The summed E-state index contributed by atoms with van der Waals surface area (Å²) in [5, 5.41) is 6.16. The Balaban J connectivity index is 1.75. The molecule has 2 N–H and O–H groups in total. The van der Waals surface area contributed by atoms with Crippen LogP contribution in [-0.2, 0) is 11.2 Å². The van der Waals surface area contributed by atoms with Gasteiger partial charge in [0.05, 0.1) is 12.8 Å². The first-order valence-corrected chi connectivity index (χ1v) is 7.45. The number of ether oxygens (including phenoxy) is 1. The number of carbonyl (C=O) groups is 1. The lowest BCUT2D eigenvalue weighted by molar-refractivity contribution is -0.116. The van der Waals surface area contributed by atoms with E-state index in [1.807, 2.05) is 42.5 Å². The first-order valence-electron chi connectivity index (χ1n) is 6.66. The minimum absolute atomic E-state index is 0.0670. The van der Waals surface area contributed by atoms with Gasteiger partial charge in [-0.05, 0) is 29.8 Å². The van der Waals surface area contributed by atoms with Gasteiger partial charge in [-0.25, -0.2) is 0 Å². The number of benzene rings is 2. The van der Waals surface area contributed by atoms with E-state index in [1.165, 1.54) is 5.56 Å². The SMILES string of the molecule is COc1ccc(Br)cc1NC(=O)C1Cc2ccccc2N1. The van der Waals surface area contributed by atoms with Crippen molar-refractivity contribution in [2.24, 2.45) is 0 Å². The number of anilines is 2. The standard InChI is InChI=1S/C16H15BrN2O2/c1-21-15-7-6-11(17)9-13(15)19-16(20)14-8-10-4-2-3-5-12(10)18-14/h2-7,9,14,18H,8H2,1H3,(H,19,20). The van der Waals surface area contributed by atoms with Gasteiger partial charge in [0.2, 0.25) is 5.91 Å². The number of methoxy groups -OCH3 is 1. The summed E-state index contributed by atoms with van der Waals surface area (Å²) in [4.78, 5) is 12.4. The summed E-state index contributed by atoms with van der Waals surface area (Å²) in [5.41, 5.74) is 2.85. The van der Waals surface area contributed by atoms with E-state index in [4.69, 9.17) is 4.74 Å². The number of rotatable bonds is 3.